The summed E-state index contributed by atoms with van der Waals surface area (Å²) in [5, 5.41) is 3.22. The third-order valence-corrected chi connectivity index (χ3v) is 4.26. The second-order valence-corrected chi connectivity index (χ2v) is 5.30. The van der Waals surface area contributed by atoms with E-state index in [0.717, 1.165) is 26.0 Å². The Kier molecular flexibility index (Phi) is 3.44. The molecule has 2 nitrogen and oxygen atoms in total. The minimum atomic E-state index is 0.277. The van der Waals surface area contributed by atoms with Crippen LogP contribution in [0.5, 0.6) is 0 Å². The van der Waals surface area contributed by atoms with E-state index in [1.165, 1.54) is 16.0 Å². The lowest BCUT2D eigenvalue weighted by atomic mass is 9.98. The Morgan fingerprint density at radius 1 is 1.53 bits per heavy atom. The topological polar surface area (TPSA) is 21.3 Å². The van der Waals surface area contributed by atoms with Crippen molar-refractivity contribution in [2.45, 2.75) is 32.8 Å². The molecular formula is C12H19NOS. The van der Waals surface area contributed by atoms with Gasteiger partial charge in [-0.3, -0.25) is 0 Å². The first kappa shape index (κ1) is 11.1. The summed E-state index contributed by atoms with van der Waals surface area (Å²) in [5.41, 5.74) is 3.01. The number of fused-ring (bicyclic) bond motifs is 1. The van der Waals surface area contributed by atoms with Crippen molar-refractivity contribution < 1.29 is 4.74 Å². The third kappa shape index (κ3) is 1.96. The number of aryl methyl sites for hydroxylation is 1. The predicted molar refractivity (Wildman–Crippen MR) is 64.8 cm³/mol. The Bertz CT molecular complexity index is 346. The summed E-state index contributed by atoms with van der Waals surface area (Å²) in [6.45, 7) is 6.28. The Morgan fingerprint density at radius 3 is 3.00 bits per heavy atom. The SMILES string of the molecule is CCc1c(C)sc2c1C(CNC)OCC2. The minimum absolute atomic E-state index is 0.277. The molecule has 84 valence electrons. The van der Waals surface area contributed by atoms with Crippen molar-refractivity contribution in [2.24, 2.45) is 0 Å². The van der Waals surface area contributed by atoms with Crippen LogP contribution < -0.4 is 5.32 Å². The number of thiophene rings is 1. The van der Waals surface area contributed by atoms with Crippen molar-refractivity contribution in [3.63, 3.8) is 0 Å². The molecule has 1 aliphatic rings. The third-order valence-electron chi connectivity index (χ3n) is 3.04. The molecule has 3 heteroatoms. The molecule has 1 unspecified atom stereocenters. The van der Waals surface area contributed by atoms with Crippen LogP contribution in [0, 0.1) is 6.92 Å². The highest BCUT2D eigenvalue weighted by Gasteiger charge is 2.26. The van der Waals surface area contributed by atoms with Crippen LogP contribution in [0.25, 0.3) is 0 Å². The average Bonchev–Trinajstić information content (AvgIpc) is 2.55. The van der Waals surface area contributed by atoms with Gasteiger partial charge in [0.25, 0.3) is 0 Å². The highest BCUT2D eigenvalue weighted by atomic mass is 32.1. The van der Waals surface area contributed by atoms with Gasteiger partial charge in [0.1, 0.15) is 0 Å². The van der Waals surface area contributed by atoms with E-state index in [0.29, 0.717) is 0 Å². The maximum Gasteiger partial charge on any atom is 0.0962 e. The van der Waals surface area contributed by atoms with Gasteiger partial charge in [0.05, 0.1) is 12.7 Å². The van der Waals surface area contributed by atoms with Crippen LogP contribution in [0.4, 0.5) is 0 Å². The first-order valence-electron chi connectivity index (χ1n) is 5.65. The van der Waals surface area contributed by atoms with E-state index in [4.69, 9.17) is 4.74 Å². The Hall–Kier alpha value is -0.380. The molecule has 0 fully saturated rings. The van der Waals surface area contributed by atoms with Gasteiger partial charge in [-0.05, 0) is 31.5 Å². The molecule has 2 rings (SSSR count). The number of hydrogen-bond donors (Lipinski definition) is 1. The molecular weight excluding hydrogens is 206 g/mol. The van der Waals surface area contributed by atoms with Crippen LogP contribution >= 0.6 is 11.3 Å². The molecule has 15 heavy (non-hydrogen) atoms. The number of rotatable bonds is 3. The van der Waals surface area contributed by atoms with Crippen LogP contribution in [0.3, 0.4) is 0 Å². The summed E-state index contributed by atoms with van der Waals surface area (Å²) in [7, 11) is 1.99. The van der Waals surface area contributed by atoms with E-state index in [1.54, 1.807) is 4.88 Å². The van der Waals surface area contributed by atoms with Gasteiger partial charge in [-0.25, -0.2) is 0 Å². The van der Waals surface area contributed by atoms with Crippen molar-refractivity contribution in [1.82, 2.24) is 5.32 Å². The van der Waals surface area contributed by atoms with Gasteiger partial charge >= 0.3 is 0 Å². The summed E-state index contributed by atoms with van der Waals surface area (Å²) >= 11 is 1.96. The first-order chi connectivity index (χ1) is 7.27. The highest BCUT2D eigenvalue weighted by molar-refractivity contribution is 7.12. The molecule has 0 saturated heterocycles. The Morgan fingerprint density at radius 2 is 2.33 bits per heavy atom. The van der Waals surface area contributed by atoms with E-state index in [2.05, 4.69) is 19.2 Å². The second kappa shape index (κ2) is 4.64. The number of ether oxygens (including phenoxy) is 1. The predicted octanol–water partition coefficient (Wildman–Crippen LogP) is 2.45. The molecule has 0 aliphatic carbocycles. The monoisotopic (exact) mass is 225 g/mol. The number of likely N-dealkylation sites (N-methyl/N-ethyl adjacent to an activating group) is 1. The summed E-state index contributed by atoms with van der Waals surface area (Å²) < 4.78 is 5.84. The van der Waals surface area contributed by atoms with E-state index >= 15 is 0 Å². The summed E-state index contributed by atoms with van der Waals surface area (Å²) in [4.78, 5) is 3.03. The fraction of sp³-hybridized carbons (Fsp3) is 0.667. The normalized spacial score (nSPS) is 20.3. The molecule has 0 aromatic carbocycles. The molecule has 2 heterocycles. The second-order valence-electron chi connectivity index (χ2n) is 3.99. The van der Waals surface area contributed by atoms with E-state index in [-0.39, 0.29) is 6.10 Å². The lowest BCUT2D eigenvalue weighted by Crippen LogP contribution is -2.25. The Labute approximate surface area is 95.6 Å². The summed E-state index contributed by atoms with van der Waals surface area (Å²) in [6.07, 6.45) is 2.50. The van der Waals surface area contributed by atoms with Crippen molar-refractivity contribution >= 4 is 11.3 Å². The van der Waals surface area contributed by atoms with Gasteiger partial charge in [0, 0.05) is 22.7 Å². The average molecular weight is 225 g/mol. The van der Waals surface area contributed by atoms with Gasteiger partial charge in [0.2, 0.25) is 0 Å². The zero-order valence-electron chi connectivity index (χ0n) is 9.72. The molecule has 1 aromatic heterocycles. The molecule has 1 N–H and O–H groups in total. The van der Waals surface area contributed by atoms with E-state index < -0.39 is 0 Å². The molecule has 0 bridgehead atoms. The lowest BCUT2D eigenvalue weighted by Gasteiger charge is -2.24. The van der Waals surface area contributed by atoms with Gasteiger partial charge < -0.3 is 10.1 Å². The maximum atomic E-state index is 5.84. The van der Waals surface area contributed by atoms with Crippen LogP contribution in [0.2, 0.25) is 0 Å². The standard InChI is InChI=1S/C12H19NOS/c1-4-9-8(2)15-11-5-6-14-10(7-13-3)12(9)11/h10,13H,4-7H2,1-3H3. The van der Waals surface area contributed by atoms with Crippen LogP contribution in [-0.2, 0) is 17.6 Å². The van der Waals surface area contributed by atoms with Crippen molar-refractivity contribution in [3.05, 3.63) is 20.9 Å². The molecule has 0 spiro atoms. The quantitative estimate of drug-likeness (QED) is 0.853. The van der Waals surface area contributed by atoms with E-state index in [9.17, 15) is 0 Å². The van der Waals surface area contributed by atoms with Crippen LogP contribution in [0.1, 0.15) is 33.9 Å². The molecule has 1 aliphatic heterocycles. The van der Waals surface area contributed by atoms with Gasteiger partial charge in [0.15, 0.2) is 0 Å². The van der Waals surface area contributed by atoms with Crippen molar-refractivity contribution in [3.8, 4) is 0 Å². The fourth-order valence-corrected chi connectivity index (χ4v) is 3.68. The molecule has 1 aromatic rings. The van der Waals surface area contributed by atoms with E-state index in [1.807, 2.05) is 18.4 Å². The van der Waals surface area contributed by atoms with Gasteiger partial charge in [-0.15, -0.1) is 11.3 Å². The maximum absolute atomic E-state index is 5.84. The minimum Gasteiger partial charge on any atom is -0.372 e. The Balaban J connectivity index is 2.39. The first-order valence-corrected chi connectivity index (χ1v) is 6.46. The van der Waals surface area contributed by atoms with Gasteiger partial charge in [-0.2, -0.15) is 0 Å². The largest absolute Gasteiger partial charge is 0.372 e. The smallest absolute Gasteiger partial charge is 0.0962 e. The molecule has 0 amide bonds. The zero-order valence-corrected chi connectivity index (χ0v) is 10.5. The molecule has 0 radical (unpaired) electrons. The zero-order chi connectivity index (χ0) is 10.8. The van der Waals surface area contributed by atoms with Crippen molar-refractivity contribution in [2.75, 3.05) is 20.2 Å². The molecule has 0 saturated carbocycles. The van der Waals surface area contributed by atoms with Crippen molar-refractivity contribution in [1.29, 1.82) is 0 Å². The number of hydrogen-bond acceptors (Lipinski definition) is 3. The summed E-state index contributed by atoms with van der Waals surface area (Å²) in [5.74, 6) is 0. The highest BCUT2D eigenvalue weighted by Crippen LogP contribution is 2.37. The molecule has 1 atom stereocenters. The fourth-order valence-electron chi connectivity index (χ4n) is 2.38. The van der Waals surface area contributed by atoms with Gasteiger partial charge in [-0.1, -0.05) is 6.92 Å². The number of nitrogens with one attached hydrogen (secondary N) is 1. The van der Waals surface area contributed by atoms with Crippen LogP contribution in [0.15, 0.2) is 0 Å². The lowest BCUT2D eigenvalue weighted by molar-refractivity contribution is 0.0445. The summed E-state index contributed by atoms with van der Waals surface area (Å²) in [6, 6.07) is 0. The van der Waals surface area contributed by atoms with Crippen LogP contribution in [-0.4, -0.2) is 20.2 Å².